The standard InChI is InChI=1S/C92H148N10O21S/c1-20-62(6)81(76(115-18)57-79(108)102-39-25-29-73(102)82(116-19)64(8)74(104)55-68(86-95-38-51-124-86)53-65-26-22-21-23-27-65)101(17)87(112)71(60(2)3)56-77(106)92(15,16)100-89(114)123-58-66-30-32-70(33-31-66)97-84(110)67(28-24-36-96-88(93)113)54-75(105)80(61(4)5)98-85(111)69(52-63(7)103)59-122-50-49-121-48-47-120-46-45-119-44-43-118-42-41-117-40-37-94-78(107)35-34-72(99-91(12,13)14)83(109)90(9,10)11/h21-23,26-27,30-33,38,51,60-62,64,67-69,71-73,76,80-82,99H,20,24-25,28-29,34-37,39-50,52-59H2,1-19H3,(H,94,107)(H,97,110)(H,98,111)(H,100,114)(H3,93,96,113)/t62-,64-,67+,68+,69-,71-,72+,73-,76+,80-,81-,82+/m0/s1. The van der Waals surface area contributed by atoms with Crippen molar-refractivity contribution < 1.29 is 100 Å². The van der Waals surface area contributed by atoms with E-state index >= 15 is 0 Å². The van der Waals surface area contributed by atoms with Gasteiger partial charge in [-0.1, -0.05) is 118 Å². The van der Waals surface area contributed by atoms with E-state index in [4.69, 9.17) is 48.4 Å². The van der Waals surface area contributed by atoms with Gasteiger partial charge in [-0.15, -0.1) is 11.3 Å². The number of benzene rings is 2. The van der Waals surface area contributed by atoms with Gasteiger partial charge in [-0.2, -0.15) is 0 Å². The molecule has 12 atom stereocenters. The molecule has 8 N–H and O–H groups in total. The Morgan fingerprint density at radius 3 is 1.80 bits per heavy atom. The van der Waals surface area contributed by atoms with E-state index in [1.807, 2.05) is 105 Å². The molecule has 32 heteroatoms. The van der Waals surface area contributed by atoms with Gasteiger partial charge in [0.1, 0.15) is 18.2 Å². The Labute approximate surface area is 740 Å². The Morgan fingerprint density at radius 1 is 0.661 bits per heavy atom. The summed E-state index contributed by atoms with van der Waals surface area (Å²) in [6.07, 6.45) is 2.76. The summed E-state index contributed by atoms with van der Waals surface area (Å²) in [6.45, 7) is 32.9. The van der Waals surface area contributed by atoms with E-state index in [0.29, 0.717) is 96.3 Å². The predicted octanol–water partition coefficient (Wildman–Crippen LogP) is 10.4. The van der Waals surface area contributed by atoms with Gasteiger partial charge >= 0.3 is 12.1 Å². The second-order valence-electron chi connectivity index (χ2n) is 35.7. The van der Waals surface area contributed by atoms with Crippen LogP contribution >= 0.6 is 11.3 Å². The molecule has 1 aliphatic rings. The average molecular weight is 1760 g/mol. The molecule has 3 aromatic rings. The Bertz CT molecular complexity index is 3740. The van der Waals surface area contributed by atoms with Crippen LogP contribution in [0.2, 0.25) is 0 Å². The quantitative estimate of drug-likeness (QED) is 0.0258. The summed E-state index contributed by atoms with van der Waals surface area (Å²) in [5, 5.41) is 19.9. The molecule has 1 fully saturated rings. The molecule has 0 radical (unpaired) electrons. The number of anilines is 1. The van der Waals surface area contributed by atoms with Crippen LogP contribution in [0.1, 0.15) is 210 Å². The van der Waals surface area contributed by atoms with Gasteiger partial charge in [0.2, 0.25) is 29.5 Å². The fourth-order valence-electron chi connectivity index (χ4n) is 15.1. The Morgan fingerprint density at radius 2 is 1.27 bits per heavy atom. The first-order valence-electron chi connectivity index (χ1n) is 44.0. The number of carbonyl (C=O) groups is 12. The number of thiazole rings is 1. The summed E-state index contributed by atoms with van der Waals surface area (Å²) < 4.78 is 51.6. The number of hydrogen-bond acceptors (Lipinski definition) is 24. The third kappa shape index (κ3) is 39.9. The molecular formula is C92H148N10O21S. The van der Waals surface area contributed by atoms with E-state index in [-0.39, 0.29) is 162 Å². The molecule has 0 spiro atoms. The molecule has 2 heterocycles. The van der Waals surface area contributed by atoms with E-state index in [1.54, 1.807) is 63.4 Å². The van der Waals surface area contributed by atoms with E-state index in [1.165, 1.54) is 39.2 Å². The van der Waals surface area contributed by atoms with E-state index < -0.39 is 106 Å². The van der Waals surface area contributed by atoms with Crippen molar-refractivity contribution in [3.8, 4) is 0 Å². The lowest BCUT2D eigenvalue weighted by Crippen LogP contribution is -2.55. The van der Waals surface area contributed by atoms with Crippen LogP contribution in [0.4, 0.5) is 15.3 Å². The highest BCUT2D eigenvalue weighted by Gasteiger charge is 2.45. The number of Topliss-reactive ketones (excluding diaryl/α,β-unsaturated/α-hetero) is 5. The van der Waals surface area contributed by atoms with Crippen molar-refractivity contribution in [1.82, 2.24) is 41.4 Å². The Balaban J connectivity index is 1.22. The molecule has 31 nitrogen and oxygen atoms in total. The normalized spacial score (nSPS) is 15.9. The number of ether oxygens (including phenoxy) is 9. The van der Waals surface area contributed by atoms with Crippen molar-refractivity contribution in [2.45, 2.75) is 254 Å². The first-order chi connectivity index (χ1) is 58.6. The summed E-state index contributed by atoms with van der Waals surface area (Å²) in [4.78, 5) is 171. The van der Waals surface area contributed by atoms with Crippen molar-refractivity contribution in [3.05, 3.63) is 82.3 Å². The number of ketones is 5. The zero-order chi connectivity index (χ0) is 92.3. The minimum atomic E-state index is -1.50. The highest BCUT2D eigenvalue weighted by atomic mass is 32.1. The van der Waals surface area contributed by atoms with Crippen LogP contribution in [0.5, 0.6) is 0 Å². The second kappa shape index (κ2) is 56.2. The zero-order valence-corrected chi connectivity index (χ0v) is 78.2. The topological polar surface area (TPSA) is 405 Å². The van der Waals surface area contributed by atoms with Crippen LogP contribution in [0.25, 0.3) is 0 Å². The van der Waals surface area contributed by atoms with Crippen LogP contribution < -0.4 is 37.6 Å². The number of alkyl carbamates (subject to hydrolysis) is 1. The first kappa shape index (κ1) is 108. The maximum absolute atomic E-state index is 14.9. The lowest BCUT2D eigenvalue weighted by Gasteiger charge is -2.41. The van der Waals surface area contributed by atoms with Gasteiger partial charge < -0.3 is 94.9 Å². The predicted molar refractivity (Wildman–Crippen MR) is 475 cm³/mol. The molecule has 2 aromatic carbocycles. The largest absolute Gasteiger partial charge is 0.445 e. The van der Waals surface area contributed by atoms with Crippen LogP contribution in [0, 0.1) is 46.8 Å². The number of primary amides is 1. The molecule has 698 valence electrons. The SMILES string of the molecule is CC[C@H](C)[C@@H]([C@@H](CC(=O)N1CCC[C@H]1[C@H](OC)[C@@H](C)C(=O)C[C@@H](Cc1ccccc1)c1nccs1)OC)N(C)C(=O)[C@@H](CC(=O)C(C)(C)NC(=O)OCc1ccc(NC(=O)[C@H](CCCNC(N)=O)CC(=O)[C@@H](NC(=O)[C@H](COCCOCCOCCOCCOCCOCCNC(=O)CC[C@@H](NC(C)(C)C)C(=O)C(C)(C)C)CC(C)=O)C(C)C)cc1)C(C)C. The third-order valence-electron chi connectivity index (χ3n) is 22.3. The maximum Gasteiger partial charge on any atom is 0.408 e. The average Bonchev–Trinajstić information content (AvgIpc) is 1.54. The minimum absolute atomic E-state index is 0.0271. The number of likely N-dealkylation sites (tertiary alicyclic amines) is 1. The summed E-state index contributed by atoms with van der Waals surface area (Å²) in [7, 11) is 4.79. The number of carbonyl (C=O) groups excluding carboxylic acids is 12. The molecular weight excluding hydrogens is 1610 g/mol. The molecule has 0 unspecified atom stereocenters. The van der Waals surface area contributed by atoms with Gasteiger partial charge in [0.05, 0.1) is 139 Å². The van der Waals surface area contributed by atoms with Crippen molar-refractivity contribution >= 4 is 87.6 Å². The number of nitrogens with one attached hydrogen (secondary N) is 6. The van der Waals surface area contributed by atoms with Crippen LogP contribution in [-0.2, 0) is 104 Å². The van der Waals surface area contributed by atoms with E-state index in [2.05, 4.69) is 49.0 Å². The summed E-state index contributed by atoms with van der Waals surface area (Å²) in [6, 6.07) is 13.3. The molecule has 1 aromatic heterocycles. The van der Waals surface area contributed by atoms with Crippen molar-refractivity contribution in [3.63, 3.8) is 0 Å². The number of urea groups is 1. The highest BCUT2D eigenvalue weighted by molar-refractivity contribution is 7.09. The van der Waals surface area contributed by atoms with E-state index in [9.17, 15) is 57.5 Å². The van der Waals surface area contributed by atoms with Gasteiger partial charge in [0.25, 0.3) is 0 Å². The van der Waals surface area contributed by atoms with Crippen LogP contribution in [0.15, 0.2) is 66.2 Å². The molecule has 1 aliphatic heterocycles. The number of nitrogens with two attached hydrogens (primary N) is 1. The Kier molecular flexibility index (Phi) is 49.1. The van der Waals surface area contributed by atoms with Gasteiger partial charge in [0, 0.05) is 125 Å². The maximum atomic E-state index is 14.9. The molecule has 1 saturated heterocycles. The van der Waals surface area contributed by atoms with Crippen molar-refractivity contribution in [2.24, 2.45) is 52.6 Å². The molecule has 0 bridgehead atoms. The van der Waals surface area contributed by atoms with Crippen molar-refractivity contribution in [2.75, 3.05) is 126 Å². The van der Waals surface area contributed by atoms with Crippen LogP contribution in [0.3, 0.4) is 0 Å². The number of rotatable bonds is 63. The van der Waals surface area contributed by atoms with Gasteiger partial charge in [0.15, 0.2) is 17.3 Å². The first-order valence-corrected chi connectivity index (χ1v) is 44.9. The van der Waals surface area contributed by atoms with Crippen molar-refractivity contribution in [1.29, 1.82) is 0 Å². The second-order valence-corrected chi connectivity index (χ2v) is 36.7. The fourth-order valence-corrected chi connectivity index (χ4v) is 15.8. The number of hydrogen-bond donors (Lipinski definition) is 7. The molecule has 4 rings (SSSR count). The third-order valence-corrected chi connectivity index (χ3v) is 23.2. The van der Waals surface area contributed by atoms with E-state index in [0.717, 1.165) is 17.0 Å². The lowest BCUT2D eigenvalue weighted by molar-refractivity contribution is -0.149. The summed E-state index contributed by atoms with van der Waals surface area (Å²) in [5.74, 6) is -7.04. The lowest BCUT2D eigenvalue weighted by atomic mass is 9.83. The number of nitrogens with zero attached hydrogens (tertiary/aromatic N) is 3. The number of aromatic nitrogens is 1. The number of likely N-dealkylation sites (N-methyl/N-ethyl adjacent to an activating group) is 1. The smallest absolute Gasteiger partial charge is 0.408 e. The fraction of sp³-hybridized carbons (Fsp3) is 0.707. The summed E-state index contributed by atoms with van der Waals surface area (Å²) >= 11 is 1.53. The number of amides is 8. The van der Waals surface area contributed by atoms with Gasteiger partial charge in [-0.3, -0.25) is 43.2 Å². The zero-order valence-electron chi connectivity index (χ0n) is 77.3. The molecule has 0 aliphatic carbocycles. The summed E-state index contributed by atoms with van der Waals surface area (Å²) in [5.41, 5.74) is 5.00. The minimum Gasteiger partial charge on any atom is -0.445 e. The molecule has 124 heavy (non-hydrogen) atoms. The molecule has 0 saturated carbocycles. The van der Waals surface area contributed by atoms with Crippen LogP contribution in [-0.4, -0.2) is 253 Å². The highest BCUT2D eigenvalue weighted by Crippen LogP contribution is 2.35. The monoisotopic (exact) mass is 1760 g/mol. The van der Waals surface area contributed by atoms with Gasteiger partial charge in [-0.05, 0) is 121 Å². The molecule has 8 amide bonds. The Hall–Kier alpha value is -8.05. The number of methoxy groups -OCH3 is 2. The van der Waals surface area contributed by atoms with Gasteiger partial charge in [-0.25, -0.2) is 14.6 Å².